The molecular formula is C8H17NS2. The van der Waals surface area contributed by atoms with Gasteiger partial charge in [-0.2, -0.15) is 0 Å². The summed E-state index contributed by atoms with van der Waals surface area (Å²) in [5.41, 5.74) is -0.000764. The molecule has 0 radical (unpaired) electrons. The molecule has 0 bridgehead atoms. The molecule has 0 aliphatic rings. The van der Waals surface area contributed by atoms with Crippen molar-refractivity contribution >= 4 is 28.7 Å². The minimum absolute atomic E-state index is 0.000764. The van der Waals surface area contributed by atoms with E-state index in [1.807, 2.05) is 0 Å². The van der Waals surface area contributed by atoms with Crippen molar-refractivity contribution < 1.29 is 0 Å². The first-order chi connectivity index (χ1) is 4.83. The number of hydrogen-bond acceptors (Lipinski definition) is 3. The van der Waals surface area contributed by atoms with Gasteiger partial charge in [0.15, 0.2) is 0 Å². The highest BCUT2D eigenvalue weighted by Crippen LogP contribution is 2.37. The van der Waals surface area contributed by atoms with Gasteiger partial charge in [-0.15, -0.1) is 11.7 Å². The van der Waals surface area contributed by atoms with Gasteiger partial charge in [0.2, 0.25) is 0 Å². The van der Waals surface area contributed by atoms with E-state index in [2.05, 4.69) is 39.4 Å². The lowest BCUT2D eigenvalue weighted by atomic mass is 9.85. The predicted molar refractivity (Wildman–Crippen MR) is 57.8 cm³/mol. The fourth-order valence-corrected chi connectivity index (χ4v) is 1.81. The molecule has 11 heavy (non-hydrogen) atoms. The molecule has 3 heteroatoms. The van der Waals surface area contributed by atoms with Gasteiger partial charge in [-0.1, -0.05) is 24.6 Å². The van der Waals surface area contributed by atoms with Crippen LogP contribution in [0.5, 0.6) is 0 Å². The van der Waals surface area contributed by atoms with Crippen LogP contribution in [0.3, 0.4) is 0 Å². The lowest BCUT2D eigenvalue weighted by Gasteiger charge is -2.29. The molecule has 0 spiro atoms. The molecule has 0 aliphatic heterocycles. The summed E-state index contributed by atoms with van der Waals surface area (Å²) in [5.74, 6) is 0. The second kappa shape index (κ2) is 3.85. The van der Waals surface area contributed by atoms with Crippen molar-refractivity contribution in [3.63, 3.8) is 0 Å². The molecule has 0 fully saturated rings. The Labute approximate surface area is 78.7 Å². The van der Waals surface area contributed by atoms with E-state index in [9.17, 15) is 0 Å². The summed E-state index contributed by atoms with van der Waals surface area (Å²) in [5, 5.41) is 7.20. The normalized spacial score (nSPS) is 13.2. The Morgan fingerprint density at radius 1 is 1.36 bits per heavy atom. The van der Waals surface area contributed by atoms with Crippen LogP contribution in [0.1, 0.15) is 34.1 Å². The molecule has 0 heterocycles. The Balaban J connectivity index is 4.12. The highest BCUT2D eigenvalue weighted by molar-refractivity contribution is 8.69. The quantitative estimate of drug-likeness (QED) is 0.397. The summed E-state index contributed by atoms with van der Waals surface area (Å²) < 4.78 is 0.157. The minimum Gasteiger partial charge on any atom is -0.313 e. The molecule has 1 N–H and O–H groups in total. The van der Waals surface area contributed by atoms with Crippen molar-refractivity contribution in [1.29, 1.82) is 5.41 Å². The maximum Gasteiger partial charge on any atom is 0.0213 e. The molecule has 0 atom stereocenters. The average Bonchev–Trinajstić information content (AvgIpc) is 1.86. The summed E-state index contributed by atoms with van der Waals surface area (Å²) in [6.07, 6.45) is 2.50. The summed E-state index contributed by atoms with van der Waals surface area (Å²) in [6.45, 7) is 8.45. The van der Waals surface area contributed by atoms with Gasteiger partial charge in [0.1, 0.15) is 0 Å². The number of thiol groups is 1. The predicted octanol–water partition coefficient (Wildman–Crippen LogP) is 3.41. The van der Waals surface area contributed by atoms with E-state index in [0.29, 0.717) is 0 Å². The Morgan fingerprint density at radius 3 is 2.09 bits per heavy atom. The van der Waals surface area contributed by atoms with Crippen LogP contribution in [0.2, 0.25) is 0 Å². The zero-order valence-electron chi connectivity index (χ0n) is 7.64. The molecule has 0 amide bonds. The summed E-state index contributed by atoms with van der Waals surface area (Å²) in [7, 11) is 1.56. The first-order valence-electron chi connectivity index (χ1n) is 3.67. The molecule has 0 aromatic rings. The largest absolute Gasteiger partial charge is 0.313 e. The van der Waals surface area contributed by atoms with Crippen molar-refractivity contribution in [2.75, 3.05) is 0 Å². The molecular weight excluding hydrogens is 174 g/mol. The first-order valence-corrected chi connectivity index (χ1v) is 5.54. The molecule has 0 aliphatic carbocycles. The van der Waals surface area contributed by atoms with E-state index in [-0.39, 0.29) is 10.2 Å². The maximum atomic E-state index is 7.20. The van der Waals surface area contributed by atoms with Crippen molar-refractivity contribution in [3.05, 3.63) is 0 Å². The lowest BCUT2D eigenvalue weighted by molar-refractivity contribution is 0.428. The van der Waals surface area contributed by atoms with Gasteiger partial charge in [0, 0.05) is 16.4 Å². The van der Waals surface area contributed by atoms with Gasteiger partial charge < -0.3 is 5.41 Å². The number of nitrogens with one attached hydrogen (secondary N) is 1. The zero-order chi connectivity index (χ0) is 9.12. The van der Waals surface area contributed by atoms with E-state index in [4.69, 9.17) is 5.41 Å². The lowest BCUT2D eigenvalue weighted by Crippen LogP contribution is -2.25. The van der Waals surface area contributed by atoms with Crippen LogP contribution in [0, 0.1) is 10.8 Å². The highest BCUT2D eigenvalue weighted by atomic mass is 33.1. The first kappa shape index (κ1) is 11.4. The Hall–Kier alpha value is 0.370. The van der Waals surface area contributed by atoms with Crippen LogP contribution >= 0.6 is 22.5 Å². The fourth-order valence-electron chi connectivity index (χ4n) is 1.18. The van der Waals surface area contributed by atoms with Gasteiger partial charge in [-0.05, 0) is 20.3 Å². The maximum absolute atomic E-state index is 7.20. The zero-order valence-corrected chi connectivity index (χ0v) is 9.35. The fraction of sp³-hybridized carbons (Fsp3) is 0.875. The van der Waals surface area contributed by atoms with Crippen molar-refractivity contribution in [3.8, 4) is 0 Å². The van der Waals surface area contributed by atoms with Crippen molar-refractivity contribution in [2.45, 2.75) is 38.9 Å². The van der Waals surface area contributed by atoms with E-state index >= 15 is 0 Å². The molecule has 66 valence electrons. The molecule has 1 nitrogen and oxygen atoms in total. The SMILES string of the molecule is CC(C)(C=N)CC(C)(C)SS. The van der Waals surface area contributed by atoms with Gasteiger partial charge in [-0.25, -0.2) is 0 Å². The molecule has 0 aromatic carbocycles. The standard InChI is InChI=1S/C8H17NS2/c1-7(2,6-9)5-8(3,4)11-10/h6,9-10H,5H2,1-4H3. The van der Waals surface area contributed by atoms with Crippen molar-refractivity contribution in [2.24, 2.45) is 5.41 Å². The van der Waals surface area contributed by atoms with Crippen LogP contribution in [-0.2, 0) is 0 Å². The molecule has 0 saturated carbocycles. The van der Waals surface area contributed by atoms with Gasteiger partial charge in [-0.3, -0.25) is 0 Å². The molecule has 0 rings (SSSR count). The number of hydrogen-bond donors (Lipinski definition) is 2. The van der Waals surface area contributed by atoms with Crippen LogP contribution in [-0.4, -0.2) is 11.0 Å². The monoisotopic (exact) mass is 191 g/mol. The molecule has 0 unspecified atom stereocenters. The number of rotatable bonds is 4. The van der Waals surface area contributed by atoms with Gasteiger partial charge in [0.25, 0.3) is 0 Å². The third-order valence-corrected chi connectivity index (χ3v) is 3.64. The summed E-state index contributed by atoms with van der Waals surface area (Å²) in [4.78, 5) is 0. The van der Waals surface area contributed by atoms with E-state index < -0.39 is 0 Å². The third kappa shape index (κ3) is 4.75. The van der Waals surface area contributed by atoms with Crippen LogP contribution in [0.15, 0.2) is 0 Å². The van der Waals surface area contributed by atoms with Crippen LogP contribution < -0.4 is 0 Å². The topological polar surface area (TPSA) is 23.9 Å². The van der Waals surface area contributed by atoms with E-state index in [0.717, 1.165) is 6.42 Å². The average molecular weight is 191 g/mol. The Bertz CT molecular complexity index is 141. The second-order valence-corrected chi connectivity index (χ2v) is 6.00. The van der Waals surface area contributed by atoms with Crippen molar-refractivity contribution in [1.82, 2.24) is 0 Å². The van der Waals surface area contributed by atoms with E-state index in [1.54, 1.807) is 10.8 Å². The molecule has 0 saturated heterocycles. The second-order valence-electron chi connectivity index (χ2n) is 4.16. The Kier molecular flexibility index (Phi) is 3.98. The van der Waals surface area contributed by atoms with Crippen LogP contribution in [0.4, 0.5) is 0 Å². The highest BCUT2D eigenvalue weighted by Gasteiger charge is 2.26. The van der Waals surface area contributed by atoms with E-state index in [1.165, 1.54) is 6.21 Å². The third-order valence-electron chi connectivity index (χ3n) is 1.52. The Morgan fingerprint density at radius 2 is 1.82 bits per heavy atom. The van der Waals surface area contributed by atoms with Crippen LogP contribution in [0.25, 0.3) is 0 Å². The molecule has 0 aromatic heterocycles. The smallest absolute Gasteiger partial charge is 0.0213 e. The summed E-state index contributed by atoms with van der Waals surface area (Å²) in [6, 6.07) is 0. The summed E-state index contributed by atoms with van der Waals surface area (Å²) >= 11 is 4.19. The minimum atomic E-state index is -0.000764. The van der Waals surface area contributed by atoms with Gasteiger partial charge in [0.05, 0.1) is 0 Å². The van der Waals surface area contributed by atoms with Gasteiger partial charge >= 0.3 is 0 Å².